The van der Waals surface area contributed by atoms with E-state index in [1.807, 2.05) is 4.90 Å². The molecule has 0 bridgehead atoms. The van der Waals surface area contributed by atoms with E-state index >= 15 is 0 Å². The fourth-order valence-corrected chi connectivity index (χ4v) is 1.57. The summed E-state index contributed by atoms with van der Waals surface area (Å²) in [5.41, 5.74) is 11.1. The molecule has 6 nitrogen and oxygen atoms in total. The maximum absolute atomic E-state index is 5.53. The highest BCUT2D eigenvalue weighted by Crippen LogP contribution is 2.16. The first-order valence-electron chi connectivity index (χ1n) is 4.97. The Hall–Kier alpha value is -1.59. The Morgan fingerprint density at radius 3 is 1.60 bits per heavy atom. The van der Waals surface area contributed by atoms with Crippen molar-refractivity contribution >= 4 is 17.8 Å². The molecule has 0 radical (unpaired) electrons. The highest BCUT2D eigenvalue weighted by Gasteiger charge is 2.17. The smallest absolute Gasteiger partial charge is 0.232 e. The van der Waals surface area contributed by atoms with Crippen molar-refractivity contribution in [2.24, 2.45) is 0 Å². The largest absolute Gasteiger partial charge is 0.368 e. The van der Waals surface area contributed by atoms with Crippen molar-refractivity contribution in [3.8, 4) is 0 Å². The third kappa shape index (κ3) is 2.68. The van der Waals surface area contributed by atoms with Gasteiger partial charge >= 0.3 is 0 Å². The normalized spacial score (nSPS) is 11.1. The molecule has 0 aliphatic heterocycles. The quantitative estimate of drug-likeness (QED) is 0.761. The maximum atomic E-state index is 5.53. The van der Waals surface area contributed by atoms with E-state index in [0.29, 0.717) is 5.95 Å². The Balaban J connectivity index is 3.11. The van der Waals surface area contributed by atoms with Crippen LogP contribution in [0.4, 0.5) is 17.8 Å². The summed E-state index contributed by atoms with van der Waals surface area (Å²) < 4.78 is 0. The van der Waals surface area contributed by atoms with Crippen molar-refractivity contribution in [2.75, 3.05) is 16.4 Å². The van der Waals surface area contributed by atoms with Crippen LogP contribution in [-0.2, 0) is 0 Å². The number of hydrogen-bond acceptors (Lipinski definition) is 6. The highest BCUT2D eigenvalue weighted by molar-refractivity contribution is 5.41. The van der Waals surface area contributed by atoms with Crippen LogP contribution >= 0.6 is 0 Å². The Bertz CT molecular complexity index is 307. The van der Waals surface area contributed by atoms with E-state index in [1.54, 1.807) is 0 Å². The summed E-state index contributed by atoms with van der Waals surface area (Å²) >= 11 is 0. The zero-order chi connectivity index (χ0) is 11.6. The average molecular weight is 210 g/mol. The van der Waals surface area contributed by atoms with Crippen LogP contribution < -0.4 is 16.4 Å². The van der Waals surface area contributed by atoms with Crippen molar-refractivity contribution in [3.05, 3.63) is 0 Å². The highest BCUT2D eigenvalue weighted by atomic mass is 15.3. The second kappa shape index (κ2) is 4.29. The van der Waals surface area contributed by atoms with E-state index in [0.717, 1.165) is 0 Å². The molecule has 0 spiro atoms. The van der Waals surface area contributed by atoms with E-state index < -0.39 is 0 Å². The summed E-state index contributed by atoms with van der Waals surface area (Å²) in [5, 5.41) is 0. The lowest BCUT2D eigenvalue weighted by Crippen LogP contribution is -2.38. The van der Waals surface area contributed by atoms with Crippen molar-refractivity contribution in [2.45, 2.75) is 39.8 Å². The Morgan fingerprint density at radius 2 is 1.27 bits per heavy atom. The zero-order valence-corrected chi connectivity index (χ0v) is 9.60. The van der Waals surface area contributed by atoms with Gasteiger partial charge in [0.25, 0.3) is 0 Å². The molecule has 0 atom stereocenters. The molecule has 0 amide bonds. The molecule has 4 N–H and O–H groups in total. The lowest BCUT2D eigenvalue weighted by molar-refractivity contribution is 0.591. The minimum absolute atomic E-state index is 0.156. The monoisotopic (exact) mass is 210 g/mol. The minimum Gasteiger partial charge on any atom is -0.368 e. The van der Waals surface area contributed by atoms with Gasteiger partial charge in [0.15, 0.2) is 0 Å². The summed E-state index contributed by atoms with van der Waals surface area (Å²) in [6.45, 7) is 8.26. The molecule has 0 aliphatic carbocycles. The van der Waals surface area contributed by atoms with E-state index in [4.69, 9.17) is 11.5 Å². The van der Waals surface area contributed by atoms with Gasteiger partial charge in [-0.3, -0.25) is 0 Å². The van der Waals surface area contributed by atoms with Gasteiger partial charge in [0.1, 0.15) is 0 Å². The molecule has 0 aromatic carbocycles. The molecule has 1 aromatic heterocycles. The molecule has 0 saturated carbocycles. The van der Waals surface area contributed by atoms with Crippen LogP contribution in [0.5, 0.6) is 0 Å². The molecule has 0 aliphatic rings. The van der Waals surface area contributed by atoms with Crippen molar-refractivity contribution in [1.82, 2.24) is 15.0 Å². The van der Waals surface area contributed by atoms with Crippen molar-refractivity contribution in [1.29, 1.82) is 0 Å². The van der Waals surface area contributed by atoms with Crippen molar-refractivity contribution < 1.29 is 0 Å². The fraction of sp³-hybridized carbons (Fsp3) is 0.667. The lowest BCUT2D eigenvalue weighted by Gasteiger charge is -2.30. The topological polar surface area (TPSA) is 94.0 Å². The standard InChI is InChI=1S/C9H18N6/c1-5(2)15(6(3)4)9-13-7(10)12-8(11)14-9/h5-6H,1-4H3,(H4,10,11,12,13,14). The molecule has 0 saturated heterocycles. The van der Waals surface area contributed by atoms with Crippen LogP contribution in [0, 0.1) is 0 Å². The van der Waals surface area contributed by atoms with Gasteiger partial charge in [-0.15, -0.1) is 0 Å². The van der Waals surface area contributed by atoms with Crippen molar-refractivity contribution in [3.63, 3.8) is 0 Å². The van der Waals surface area contributed by atoms with Crippen LogP contribution in [0.25, 0.3) is 0 Å². The van der Waals surface area contributed by atoms with E-state index in [9.17, 15) is 0 Å². The Labute approximate surface area is 89.7 Å². The summed E-state index contributed by atoms with van der Waals surface area (Å²) in [7, 11) is 0. The predicted octanol–water partition coefficient (Wildman–Crippen LogP) is 0.659. The number of nitrogens with two attached hydrogens (primary N) is 2. The molecular weight excluding hydrogens is 192 g/mol. The van der Waals surface area contributed by atoms with Gasteiger partial charge in [-0.1, -0.05) is 0 Å². The third-order valence-electron chi connectivity index (χ3n) is 2.00. The molecule has 84 valence electrons. The van der Waals surface area contributed by atoms with E-state index in [-0.39, 0.29) is 24.0 Å². The first-order valence-corrected chi connectivity index (χ1v) is 4.97. The van der Waals surface area contributed by atoms with Gasteiger partial charge < -0.3 is 16.4 Å². The lowest BCUT2D eigenvalue weighted by atomic mass is 10.2. The molecule has 1 rings (SSSR count). The van der Waals surface area contributed by atoms with Gasteiger partial charge in [0, 0.05) is 12.1 Å². The number of anilines is 3. The number of nitrogen functional groups attached to an aromatic ring is 2. The van der Waals surface area contributed by atoms with Gasteiger partial charge in [0.2, 0.25) is 17.8 Å². The van der Waals surface area contributed by atoms with Crippen LogP contribution in [-0.4, -0.2) is 27.0 Å². The summed E-state index contributed by atoms with van der Waals surface area (Å²) in [5.74, 6) is 0.845. The predicted molar refractivity (Wildman–Crippen MR) is 61.4 cm³/mol. The van der Waals surface area contributed by atoms with Gasteiger partial charge in [-0.05, 0) is 27.7 Å². The minimum atomic E-state index is 0.156. The molecule has 1 aromatic rings. The summed E-state index contributed by atoms with van der Waals surface area (Å²) in [4.78, 5) is 13.9. The summed E-state index contributed by atoms with van der Waals surface area (Å²) in [6.07, 6.45) is 0. The molecular formula is C9H18N6. The number of hydrogen-bond donors (Lipinski definition) is 2. The number of aromatic nitrogens is 3. The average Bonchev–Trinajstić information content (AvgIpc) is 1.99. The SMILES string of the molecule is CC(C)N(c1nc(N)nc(N)n1)C(C)C. The summed E-state index contributed by atoms with van der Waals surface area (Å²) in [6, 6.07) is 0.567. The molecule has 15 heavy (non-hydrogen) atoms. The molecule has 0 unspecified atom stereocenters. The molecule has 0 fully saturated rings. The van der Waals surface area contributed by atoms with E-state index in [2.05, 4.69) is 42.6 Å². The van der Waals surface area contributed by atoms with Crippen LogP contribution in [0.15, 0.2) is 0 Å². The Morgan fingerprint density at radius 1 is 0.867 bits per heavy atom. The Kier molecular flexibility index (Phi) is 3.28. The second-order valence-electron chi connectivity index (χ2n) is 3.95. The maximum Gasteiger partial charge on any atom is 0.232 e. The fourth-order valence-electron chi connectivity index (χ4n) is 1.57. The van der Waals surface area contributed by atoms with Crippen LogP contribution in [0.1, 0.15) is 27.7 Å². The second-order valence-corrected chi connectivity index (χ2v) is 3.95. The van der Waals surface area contributed by atoms with Gasteiger partial charge in [-0.25, -0.2) is 0 Å². The zero-order valence-electron chi connectivity index (χ0n) is 9.60. The van der Waals surface area contributed by atoms with Crippen LogP contribution in [0.3, 0.4) is 0 Å². The number of nitrogens with zero attached hydrogens (tertiary/aromatic N) is 4. The molecule has 6 heteroatoms. The first-order chi connectivity index (χ1) is 6.91. The first kappa shape index (κ1) is 11.5. The third-order valence-corrected chi connectivity index (χ3v) is 2.00. The van der Waals surface area contributed by atoms with Gasteiger partial charge in [-0.2, -0.15) is 15.0 Å². The molecule has 1 heterocycles. The number of rotatable bonds is 3. The van der Waals surface area contributed by atoms with Crippen LogP contribution in [0.2, 0.25) is 0 Å². The van der Waals surface area contributed by atoms with E-state index in [1.165, 1.54) is 0 Å². The van der Waals surface area contributed by atoms with Gasteiger partial charge in [0.05, 0.1) is 0 Å².